The first-order chi connectivity index (χ1) is 20.3. The van der Waals surface area contributed by atoms with E-state index in [4.69, 9.17) is 16.3 Å². The van der Waals surface area contributed by atoms with Crippen LogP contribution in [-0.2, 0) is 4.74 Å². The van der Waals surface area contributed by atoms with Gasteiger partial charge in [0, 0.05) is 42.2 Å². The van der Waals surface area contributed by atoms with Crippen molar-refractivity contribution in [1.82, 2.24) is 20.0 Å². The van der Waals surface area contributed by atoms with E-state index in [1.807, 2.05) is 0 Å². The van der Waals surface area contributed by atoms with Crippen molar-refractivity contribution in [3.05, 3.63) is 64.3 Å². The maximum Gasteiger partial charge on any atom is 0.248 e. The number of alkyl halides is 2. The Morgan fingerprint density at radius 1 is 1.14 bits per heavy atom. The summed E-state index contributed by atoms with van der Waals surface area (Å²) in [5, 5.41) is 40.8. The molecule has 1 saturated carbocycles. The highest BCUT2D eigenvalue weighted by Gasteiger charge is 2.55. The number of hydrogen-bond acceptors (Lipinski definition) is 7. The van der Waals surface area contributed by atoms with E-state index in [1.165, 1.54) is 18.0 Å². The van der Waals surface area contributed by atoms with Gasteiger partial charge in [-0.05, 0) is 44.0 Å². The molecular weight excluding hydrogens is 619 g/mol. The Labute approximate surface area is 252 Å². The summed E-state index contributed by atoms with van der Waals surface area (Å²) in [7, 11) is -0.221. The summed E-state index contributed by atoms with van der Waals surface area (Å²) in [4.78, 5) is 4.60. The monoisotopic (exact) mass is 650 g/mol. The molecule has 0 radical (unpaired) electrons. The van der Waals surface area contributed by atoms with Crippen LogP contribution in [0.1, 0.15) is 48.4 Å². The fraction of sp³-hybridized carbons (Fsp3) is 0.536. The highest BCUT2D eigenvalue weighted by atomic mass is 35.5. The number of nitrogens with zero attached hydrogens (tertiary/aromatic N) is 4. The predicted octanol–water partition coefficient (Wildman–Crippen LogP) is 4.69. The molecule has 15 heteroatoms. The van der Waals surface area contributed by atoms with Gasteiger partial charge >= 0.3 is 0 Å². The van der Waals surface area contributed by atoms with Crippen molar-refractivity contribution >= 4 is 22.5 Å². The molecule has 1 aliphatic carbocycles. The number of halogens is 6. The number of thiol groups is 1. The Morgan fingerprint density at radius 3 is 2.40 bits per heavy atom. The highest BCUT2D eigenvalue weighted by molar-refractivity contribution is 8.18. The summed E-state index contributed by atoms with van der Waals surface area (Å²) in [6.07, 6.45) is -2.35. The van der Waals surface area contributed by atoms with Gasteiger partial charge in [0.2, 0.25) is 5.92 Å². The van der Waals surface area contributed by atoms with Crippen LogP contribution in [0.15, 0.2) is 30.5 Å². The summed E-state index contributed by atoms with van der Waals surface area (Å²) in [6.45, 7) is 1.21. The summed E-state index contributed by atoms with van der Waals surface area (Å²) in [5.74, 6) is -7.19. The van der Waals surface area contributed by atoms with Gasteiger partial charge in [-0.15, -0.1) is 5.10 Å². The van der Waals surface area contributed by atoms with Crippen molar-refractivity contribution in [2.45, 2.75) is 72.9 Å². The zero-order valence-electron chi connectivity index (χ0n) is 23.3. The topological polar surface area (TPSA) is 114 Å². The number of aromatic nitrogens is 4. The maximum atomic E-state index is 14.2. The number of hydrogen-bond donors (Lipinski definition) is 4. The van der Waals surface area contributed by atoms with E-state index >= 15 is 0 Å². The van der Waals surface area contributed by atoms with Gasteiger partial charge in [-0.1, -0.05) is 16.8 Å². The smallest absolute Gasteiger partial charge is 0.248 e. The van der Waals surface area contributed by atoms with Crippen LogP contribution in [0.3, 0.4) is 0 Å². The molecule has 1 unspecified atom stereocenters. The minimum absolute atomic E-state index is 0.000645. The molecule has 0 bridgehead atoms. The molecule has 236 valence electrons. The molecule has 2 aromatic heterocycles. The van der Waals surface area contributed by atoms with Gasteiger partial charge in [0.1, 0.15) is 11.7 Å². The summed E-state index contributed by atoms with van der Waals surface area (Å²) in [5.41, 5.74) is -0.832. The van der Waals surface area contributed by atoms with Gasteiger partial charge in [-0.2, -0.15) is 0 Å². The van der Waals surface area contributed by atoms with E-state index in [-0.39, 0.29) is 34.9 Å². The third-order valence-corrected chi connectivity index (χ3v) is 12.3. The zero-order chi connectivity index (χ0) is 31.3. The molecule has 3 aromatic rings. The van der Waals surface area contributed by atoms with Crippen LogP contribution >= 0.6 is 22.5 Å². The van der Waals surface area contributed by atoms with Crippen molar-refractivity contribution in [1.29, 1.82) is 0 Å². The number of aliphatic hydroxyl groups is 3. The van der Waals surface area contributed by atoms with Crippen LogP contribution in [-0.4, -0.2) is 83.7 Å². The van der Waals surface area contributed by atoms with Gasteiger partial charge in [-0.3, -0.25) is 4.98 Å². The fourth-order valence-corrected chi connectivity index (χ4v) is 10.3. The Hall–Kier alpha value is -2.36. The van der Waals surface area contributed by atoms with Gasteiger partial charge in [-0.25, -0.2) is 37.5 Å². The van der Waals surface area contributed by atoms with Crippen LogP contribution < -0.4 is 0 Å². The van der Waals surface area contributed by atoms with E-state index in [2.05, 4.69) is 15.3 Å². The normalized spacial score (nSPS) is 28.5. The molecule has 0 amide bonds. The Morgan fingerprint density at radius 2 is 1.79 bits per heavy atom. The fourth-order valence-electron chi connectivity index (χ4n) is 6.20. The van der Waals surface area contributed by atoms with Crippen LogP contribution in [0.5, 0.6) is 0 Å². The molecule has 6 atom stereocenters. The number of methoxy groups -OCH3 is 1. The van der Waals surface area contributed by atoms with Crippen molar-refractivity contribution < 1.29 is 42.0 Å². The minimum Gasteiger partial charge on any atom is -0.395 e. The van der Waals surface area contributed by atoms with Gasteiger partial charge in [0.05, 0.1) is 46.6 Å². The second kappa shape index (κ2) is 12.2. The van der Waals surface area contributed by atoms with Crippen molar-refractivity contribution in [2.24, 2.45) is 0 Å². The second-order valence-corrected chi connectivity index (χ2v) is 14.2. The van der Waals surface area contributed by atoms with E-state index in [0.29, 0.717) is 11.4 Å². The maximum absolute atomic E-state index is 14.2. The van der Waals surface area contributed by atoms with Crippen molar-refractivity contribution in [3.8, 4) is 11.3 Å². The molecule has 8 nitrogen and oxygen atoms in total. The molecule has 1 aromatic carbocycles. The molecule has 2 aliphatic rings. The average Bonchev–Trinajstić information content (AvgIpc) is 3.45. The number of ether oxygens (including phenoxy) is 1. The van der Waals surface area contributed by atoms with Crippen molar-refractivity contribution in [3.63, 3.8) is 0 Å². The molecule has 1 aliphatic heterocycles. The van der Waals surface area contributed by atoms with Crippen LogP contribution in [0.4, 0.5) is 22.0 Å². The molecular formula is C28H32ClF5N4O4S. The van der Waals surface area contributed by atoms with E-state index < -0.39 is 88.1 Å². The molecule has 3 N–H and O–H groups in total. The molecule has 5 rings (SSSR count). The Balaban J connectivity index is 1.54. The first-order valence-electron chi connectivity index (χ1n) is 13.7. The van der Waals surface area contributed by atoms with Gasteiger partial charge in [0.15, 0.2) is 17.5 Å². The number of benzene rings is 1. The number of aryl methyl sites for hydroxylation is 1. The SMILES string of the molecule is CO[C@H]1C[SH]([C@H](c2nc(C)ccc2Cl)C2(O)CCC(F)(F)CC2)[C@H](CO)[C@H](O)[C@@H]1n1cc(-c2cc(F)c(F)c(F)c2)nn1. The first-order valence-corrected chi connectivity index (χ1v) is 15.7. The molecule has 43 heavy (non-hydrogen) atoms. The van der Waals surface area contributed by atoms with E-state index in [0.717, 1.165) is 12.1 Å². The third kappa shape index (κ3) is 6.14. The standard InChI is InChI=1S/C28H32ClF5N4O4S/c1-14-3-4-16(29)23(35-14)26(27(41)5-7-28(33,34)8-6-27)43-13-20(42-2)24(25(40)21(43)12-39)38-11-19(36-37-38)15-9-17(30)22(32)18(31)10-15/h3-4,9-11,20-21,24-26,39-41,43H,5-8,12-13H2,1-2H3/t20-,21+,24+,25-,26+/m0/s1. The van der Waals surface area contributed by atoms with E-state index in [1.54, 1.807) is 19.1 Å². The zero-order valence-corrected chi connectivity index (χ0v) is 24.9. The number of pyridine rings is 1. The Kier molecular flexibility index (Phi) is 9.09. The Bertz CT molecular complexity index is 1450. The van der Waals surface area contributed by atoms with Crippen LogP contribution in [0, 0.1) is 24.4 Å². The van der Waals surface area contributed by atoms with Crippen LogP contribution in [0.2, 0.25) is 5.02 Å². The molecule has 2 fully saturated rings. The minimum atomic E-state index is -2.93. The van der Waals surface area contributed by atoms with E-state index in [9.17, 15) is 37.3 Å². The predicted molar refractivity (Wildman–Crippen MR) is 151 cm³/mol. The largest absolute Gasteiger partial charge is 0.395 e. The number of rotatable bonds is 7. The summed E-state index contributed by atoms with van der Waals surface area (Å²) < 4.78 is 76.7. The third-order valence-electron chi connectivity index (χ3n) is 8.49. The lowest BCUT2D eigenvalue weighted by atomic mass is 9.79. The second-order valence-electron chi connectivity index (χ2n) is 11.2. The lowest BCUT2D eigenvalue weighted by molar-refractivity contribution is -0.105. The number of aliphatic hydroxyl groups excluding tert-OH is 2. The average molecular weight is 651 g/mol. The molecule has 0 spiro atoms. The first kappa shape index (κ1) is 32.0. The lowest BCUT2D eigenvalue weighted by Gasteiger charge is -2.53. The van der Waals surface area contributed by atoms with Gasteiger partial charge in [0.25, 0.3) is 0 Å². The quantitative estimate of drug-likeness (QED) is 0.167. The molecule has 1 saturated heterocycles. The van der Waals surface area contributed by atoms with Crippen LogP contribution in [0.25, 0.3) is 11.3 Å². The summed E-state index contributed by atoms with van der Waals surface area (Å²) >= 11 is 6.60. The summed E-state index contributed by atoms with van der Waals surface area (Å²) in [6, 6.07) is 3.90. The van der Waals surface area contributed by atoms with Gasteiger partial charge < -0.3 is 20.1 Å². The van der Waals surface area contributed by atoms with Crippen molar-refractivity contribution in [2.75, 3.05) is 19.5 Å². The molecule has 3 heterocycles. The highest BCUT2D eigenvalue weighted by Crippen LogP contribution is 2.61. The lowest BCUT2D eigenvalue weighted by Crippen LogP contribution is -2.54.